The molecule has 0 saturated heterocycles. The second-order valence-corrected chi connectivity index (χ2v) is 7.44. The second kappa shape index (κ2) is 7.01. The number of anilines is 1. The normalized spacial score (nSPS) is 11.2. The third-order valence-electron chi connectivity index (χ3n) is 3.85. The summed E-state index contributed by atoms with van der Waals surface area (Å²) < 4.78 is 12.3. The van der Waals surface area contributed by atoms with Crippen LogP contribution in [0.1, 0.15) is 17.5 Å². The van der Waals surface area contributed by atoms with Crippen LogP contribution in [0, 0.1) is 0 Å². The van der Waals surface area contributed by atoms with Gasteiger partial charge in [0, 0.05) is 10.3 Å². The van der Waals surface area contributed by atoms with Crippen LogP contribution in [0.5, 0.6) is 5.75 Å². The predicted molar refractivity (Wildman–Crippen MR) is 107 cm³/mol. The van der Waals surface area contributed by atoms with Gasteiger partial charge in [-0.25, -0.2) is 4.98 Å². The van der Waals surface area contributed by atoms with Crippen molar-refractivity contribution in [1.29, 1.82) is 0 Å². The molecule has 0 aliphatic carbocycles. The van der Waals surface area contributed by atoms with Crippen LogP contribution >= 0.6 is 23.1 Å². The van der Waals surface area contributed by atoms with E-state index in [4.69, 9.17) is 9.15 Å². The molecule has 0 aliphatic rings. The molecule has 2 heterocycles. The van der Waals surface area contributed by atoms with Crippen LogP contribution < -0.4 is 10.1 Å². The number of nitrogens with one attached hydrogen (secondary N) is 1. The van der Waals surface area contributed by atoms with Crippen molar-refractivity contribution < 1.29 is 13.9 Å². The Balaban J connectivity index is 1.62. The molecule has 5 nitrogen and oxygen atoms in total. The Morgan fingerprint density at radius 3 is 3.00 bits per heavy atom. The lowest BCUT2D eigenvalue weighted by atomic mass is 10.2. The summed E-state index contributed by atoms with van der Waals surface area (Å²) in [6.07, 6.45) is 2.03. The van der Waals surface area contributed by atoms with Crippen molar-refractivity contribution in [2.24, 2.45) is 0 Å². The van der Waals surface area contributed by atoms with Gasteiger partial charge in [0.15, 0.2) is 22.2 Å². The van der Waals surface area contributed by atoms with E-state index in [0.29, 0.717) is 23.1 Å². The highest BCUT2D eigenvalue weighted by molar-refractivity contribution is 7.98. The molecule has 0 saturated carbocycles. The van der Waals surface area contributed by atoms with Crippen LogP contribution in [-0.4, -0.2) is 23.8 Å². The van der Waals surface area contributed by atoms with Crippen molar-refractivity contribution in [2.75, 3.05) is 18.2 Å². The zero-order chi connectivity index (χ0) is 18.1. The molecule has 132 valence electrons. The van der Waals surface area contributed by atoms with E-state index in [9.17, 15) is 4.79 Å². The Bertz CT molecular complexity index is 1100. The topological polar surface area (TPSA) is 64.4 Å². The van der Waals surface area contributed by atoms with Crippen molar-refractivity contribution in [2.45, 2.75) is 11.8 Å². The molecule has 0 fully saturated rings. The third-order valence-corrected chi connectivity index (χ3v) is 5.51. The van der Waals surface area contributed by atoms with Gasteiger partial charge in [0.1, 0.15) is 0 Å². The number of benzene rings is 2. The number of carbonyl (C=O) groups is 1. The van der Waals surface area contributed by atoms with Gasteiger partial charge in [-0.1, -0.05) is 23.5 Å². The van der Waals surface area contributed by atoms with E-state index < -0.39 is 0 Å². The zero-order valence-electron chi connectivity index (χ0n) is 14.2. The summed E-state index contributed by atoms with van der Waals surface area (Å²) >= 11 is 3.12. The molecule has 0 atom stereocenters. The van der Waals surface area contributed by atoms with Crippen LogP contribution in [0.15, 0.2) is 51.8 Å². The Morgan fingerprint density at radius 1 is 1.31 bits per heavy atom. The smallest absolute Gasteiger partial charge is 0.293 e. The van der Waals surface area contributed by atoms with Gasteiger partial charge < -0.3 is 9.15 Å². The fourth-order valence-corrected chi connectivity index (χ4v) is 4.08. The maximum Gasteiger partial charge on any atom is 0.293 e. The number of furan rings is 1. The first-order valence-electron chi connectivity index (χ1n) is 8.09. The number of fused-ring (bicyclic) bond motifs is 2. The summed E-state index contributed by atoms with van der Waals surface area (Å²) in [4.78, 5) is 18.2. The number of aromatic nitrogens is 1. The minimum absolute atomic E-state index is 0.233. The minimum atomic E-state index is -0.326. The standard InChI is InChI=1S/C19H16N2O3S2/c1-3-23-14-6-4-5-11-9-15(24-17(11)14)18(22)21-19-20-13-8-7-12(25-2)10-16(13)26-19/h4-10H,3H2,1-2H3,(H,20,21,22). The summed E-state index contributed by atoms with van der Waals surface area (Å²) in [5, 5.41) is 4.20. The Labute approximate surface area is 158 Å². The van der Waals surface area contributed by atoms with E-state index in [1.165, 1.54) is 16.2 Å². The SMILES string of the molecule is CCOc1cccc2cc(C(=O)Nc3nc4ccc(SC)cc4s3)oc12. The fourth-order valence-electron chi connectivity index (χ4n) is 2.66. The van der Waals surface area contributed by atoms with E-state index >= 15 is 0 Å². The van der Waals surface area contributed by atoms with Crippen molar-refractivity contribution >= 4 is 55.3 Å². The van der Waals surface area contributed by atoms with Crippen molar-refractivity contribution in [1.82, 2.24) is 4.98 Å². The molecule has 26 heavy (non-hydrogen) atoms. The Morgan fingerprint density at radius 2 is 2.19 bits per heavy atom. The highest BCUT2D eigenvalue weighted by atomic mass is 32.2. The van der Waals surface area contributed by atoms with Gasteiger partial charge in [-0.3, -0.25) is 10.1 Å². The highest BCUT2D eigenvalue weighted by Gasteiger charge is 2.16. The fraction of sp³-hybridized carbons (Fsp3) is 0.158. The van der Waals surface area contributed by atoms with Gasteiger partial charge in [-0.15, -0.1) is 11.8 Å². The molecular weight excluding hydrogens is 368 g/mol. The lowest BCUT2D eigenvalue weighted by Gasteiger charge is -2.02. The summed E-state index contributed by atoms with van der Waals surface area (Å²) in [7, 11) is 0. The van der Waals surface area contributed by atoms with Gasteiger partial charge in [0.25, 0.3) is 5.91 Å². The molecule has 0 bridgehead atoms. The Hall–Kier alpha value is -2.51. The maximum atomic E-state index is 12.6. The molecule has 0 aliphatic heterocycles. The molecule has 0 radical (unpaired) electrons. The van der Waals surface area contributed by atoms with Gasteiger partial charge in [0.05, 0.1) is 16.8 Å². The zero-order valence-corrected chi connectivity index (χ0v) is 15.9. The molecule has 2 aromatic heterocycles. The van der Waals surface area contributed by atoms with Crippen LogP contribution in [0.25, 0.3) is 21.2 Å². The average Bonchev–Trinajstić information content (AvgIpc) is 3.25. The summed E-state index contributed by atoms with van der Waals surface area (Å²) in [5.41, 5.74) is 1.44. The number of rotatable bonds is 5. The lowest BCUT2D eigenvalue weighted by molar-refractivity contribution is 0.0998. The van der Waals surface area contributed by atoms with Crippen LogP contribution in [0.3, 0.4) is 0 Å². The number of nitrogens with zero attached hydrogens (tertiary/aromatic N) is 1. The van der Waals surface area contributed by atoms with E-state index in [2.05, 4.69) is 16.4 Å². The Kier molecular flexibility index (Phi) is 4.57. The molecule has 0 spiro atoms. The number of thioether (sulfide) groups is 1. The summed E-state index contributed by atoms with van der Waals surface area (Å²) in [6, 6.07) is 13.4. The van der Waals surface area contributed by atoms with E-state index in [0.717, 1.165) is 15.6 Å². The number of para-hydroxylation sites is 1. The number of carbonyl (C=O) groups excluding carboxylic acids is 1. The van der Waals surface area contributed by atoms with Crippen molar-refractivity contribution in [3.63, 3.8) is 0 Å². The molecule has 2 aromatic carbocycles. The second-order valence-electron chi connectivity index (χ2n) is 5.52. The van der Waals surface area contributed by atoms with E-state index in [1.54, 1.807) is 17.8 Å². The molecule has 1 amide bonds. The van der Waals surface area contributed by atoms with E-state index in [-0.39, 0.29) is 11.7 Å². The average molecular weight is 384 g/mol. The van der Waals surface area contributed by atoms with Crippen molar-refractivity contribution in [3.05, 3.63) is 48.2 Å². The van der Waals surface area contributed by atoms with Crippen molar-refractivity contribution in [3.8, 4) is 5.75 Å². The van der Waals surface area contributed by atoms with Crippen LogP contribution in [0.2, 0.25) is 0 Å². The number of ether oxygens (including phenoxy) is 1. The number of hydrogen-bond donors (Lipinski definition) is 1. The first kappa shape index (κ1) is 16.9. The summed E-state index contributed by atoms with van der Waals surface area (Å²) in [6.45, 7) is 2.44. The molecule has 4 rings (SSSR count). The van der Waals surface area contributed by atoms with Gasteiger partial charge in [-0.2, -0.15) is 0 Å². The quantitative estimate of drug-likeness (QED) is 0.466. The third kappa shape index (κ3) is 3.15. The van der Waals surface area contributed by atoms with Crippen LogP contribution in [0.4, 0.5) is 5.13 Å². The molecule has 4 aromatic rings. The first-order chi connectivity index (χ1) is 12.7. The largest absolute Gasteiger partial charge is 0.490 e. The molecule has 7 heteroatoms. The van der Waals surface area contributed by atoms with Gasteiger partial charge >= 0.3 is 0 Å². The lowest BCUT2D eigenvalue weighted by Crippen LogP contribution is -2.10. The van der Waals surface area contributed by atoms with Gasteiger partial charge in [-0.05, 0) is 43.5 Å². The monoisotopic (exact) mass is 384 g/mol. The highest BCUT2D eigenvalue weighted by Crippen LogP contribution is 2.31. The van der Waals surface area contributed by atoms with Crippen LogP contribution in [-0.2, 0) is 0 Å². The number of hydrogen-bond acceptors (Lipinski definition) is 6. The van der Waals surface area contributed by atoms with E-state index in [1.807, 2.05) is 43.5 Å². The number of thiazole rings is 1. The molecule has 0 unspecified atom stereocenters. The summed E-state index contributed by atoms with van der Waals surface area (Å²) in [5.74, 6) is 0.539. The number of amides is 1. The maximum absolute atomic E-state index is 12.6. The molecular formula is C19H16N2O3S2. The molecule has 1 N–H and O–H groups in total. The first-order valence-corrected chi connectivity index (χ1v) is 10.1. The minimum Gasteiger partial charge on any atom is -0.490 e. The predicted octanol–water partition coefficient (Wildman–Crippen LogP) is 5.42. The van der Waals surface area contributed by atoms with Gasteiger partial charge in [0.2, 0.25) is 0 Å².